The molecule has 0 aromatic rings. The van der Waals surface area contributed by atoms with E-state index < -0.39 is 47.6 Å². The smallest absolute Gasteiger partial charge is 0.323 e. The second-order valence-electron chi connectivity index (χ2n) is 6.92. The molecule has 2 saturated heterocycles. The Kier molecular flexibility index (Phi) is 5.40. The third kappa shape index (κ3) is 3.51. The van der Waals surface area contributed by atoms with Crippen LogP contribution in [0, 0.1) is 5.92 Å². The van der Waals surface area contributed by atoms with E-state index in [0.29, 0.717) is 13.2 Å². The lowest BCUT2D eigenvalue weighted by atomic mass is 9.84. The molecule has 2 fully saturated rings. The predicted octanol–water partition coefficient (Wildman–Crippen LogP) is 0.726. The average molecular weight is 372 g/mol. The molecule has 7 nitrogen and oxygen atoms in total. The lowest BCUT2D eigenvalue weighted by Crippen LogP contribution is -2.72. The summed E-state index contributed by atoms with van der Waals surface area (Å²) < 4.78 is 38.4. The number of allylic oxidation sites excluding steroid dienone is 3. The Morgan fingerprint density at radius 3 is 2.58 bits per heavy atom. The van der Waals surface area contributed by atoms with Crippen molar-refractivity contribution in [2.24, 2.45) is 5.92 Å². The highest BCUT2D eigenvalue weighted by atomic mass is 19.1. The maximum absolute atomic E-state index is 13.7. The number of piperazine rings is 1. The quantitative estimate of drug-likeness (QED) is 0.787. The lowest BCUT2D eigenvalue weighted by molar-refractivity contribution is -0.168. The van der Waals surface area contributed by atoms with Crippen molar-refractivity contribution in [2.45, 2.75) is 18.0 Å². The second-order valence-corrected chi connectivity index (χ2v) is 6.92. The first-order chi connectivity index (χ1) is 12.3. The number of carbonyl (C=O) groups is 2. The van der Waals surface area contributed by atoms with Gasteiger partial charge in [0.15, 0.2) is 0 Å². The number of nitrogens with zero attached hydrogens (tertiary/aromatic N) is 2. The molecule has 3 rings (SSSR count). The van der Waals surface area contributed by atoms with Crippen molar-refractivity contribution in [3.8, 4) is 0 Å². The molecule has 9 heteroatoms. The van der Waals surface area contributed by atoms with E-state index in [1.807, 2.05) is 0 Å². The highest BCUT2D eigenvalue weighted by molar-refractivity contribution is 5.90. The number of hydrogen-bond acceptors (Lipinski definition) is 5. The van der Waals surface area contributed by atoms with Gasteiger partial charge in [-0.1, -0.05) is 0 Å². The Labute approximate surface area is 149 Å². The van der Waals surface area contributed by atoms with Crippen molar-refractivity contribution in [1.82, 2.24) is 9.80 Å². The zero-order chi connectivity index (χ0) is 18.9. The van der Waals surface area contributed by atoms with Crippen LogP contribution in [0.5, 0.6) is 0 Å². The van der Waals surface area contributed by atoms with E-state index in [1.54, 1.807) is 11.9 Å². The molecule has 0 radical (unpaired) electrons. The molecule has 1 N–H and O–H groups in total. The van der Waals surface area contributed by atoms with Gasteiger partial charge in [-0.2, -0.15) is 0 Å². The van der Waals surface area contributed by atoms with Gasteiger partial charge in [-0.3, -0.25) is 14.5 Å². The molecule has 26 heavy (non-hydrogen) atoms. The van der Waals surface area contributed by atoms with Crippen molar-refractivity contribution in [1.29, 1.82) is 0 Å². The van der Waals surface area contributed by atoms with E-state index in [4.69, 9.17) is 9.47 Å². The Morgan fingerprint density at radius 1 is 1.35 bits per heavy atom. The first-order valence-electron chi connectivity index (χ1n) is 8.46. The summed E-state index contributed by atoms with van der Waals surface area (Å²) >= 11 is 0. The van der Waals surface area contributed by atoms with Crippen molar-refractivity contribution < 1.29 is 33.0 Å². The van der Waals surface area contributed by atoms with Crippen LogP contribution in [0.2, 0.25) is 0 Å². The predicted molar refractivity (Wildman–Crippen MR) is 86.6 cm³/mol. The Hall–Kier alpha value is -1.84. The second kappa shape index (κ2) is 7.42. The summed E-state index contributed by atoms with van der Waals surface area (Å²) in [5.74, 6) is -3.62. The average Bonchev–Trinajstić information content (AvgIpc) is 2.81. The van der Waals surface area contributed by atoms with Crippen LogP contribution in [0.15, 0.2) is 23.8 Å². The number of rotatable bonds is 3. The summed E-state index contributed by atoms with van der Waals surface area (Å²) in [6, 6.07) is -0.664. The van der Waals surface area contributed by atoms with E-state index in [0.717, 1.165) is 6.08 Å². The summed E-state index contributed by atoms with van der Waals surface area (Å²) in [6.45, 7) is 0.558. The van der Waals surface area contributed by atoms with E-state index >= 15 is 0 Å². The third-order valence-corrected chi connectivity index (χ3v) is 5.20. The molecule has 1 amide bonds. The molecule has 3 aliphatic rings. The van der Waals surface area contributed by atoms with E-state index in [9.17, 15) is 23.5 Å². The van der Waals surface area contributed by atoms with E-state index in [-0.39, 0.29) is 26.2 Å². The molecule has 0 saturated carbocycles. The highest BCUT2D eigenvalue weighted by Crippen LogP contribution is 2.35. The number of carbonyl (C=O) groups excluding carboxylic acids is 1. The van der Waals surface area contributed by atoms with Gasteiger partial charge in [0.25, 0.3) is 0 Å². The molecule has 2 atom stereocenters. The standard InChI is InChI=1S/C17H22F2N2O5/c1-20-7-14(11-4-12(18)6-13(19)5-11)21(8-15(22)23)16(24)17(20)9-25-2-3-26-10-17/h4,6,11,14H,2-3,5,7-10H2,1H3,(H,22,23)/t11?,14-/m0/s1. The van der Waals surface area contributed by atoms with Gasteiger partial charge in [0.05, 0.1) is 32.5 Å². The van der Waals surface area contributed by atoms with Crippen LogP contribution in [-0.4, -0.2) is 84.9 Å². The van der Waals surface area contributed by atoms with Crippen LogP contribution in [0.4, 0.5) is 8.78 Å². The largest absolute Gasteiger partial charge is 0.480 e. The Balaban J connectivity index is 1.92. The fourth-order valence-electron chi connectivity index (χ4n) is 3.81. The minimum atomic E-state index is -1.19. The van der Waals surface area contributed by atoms with Crippen molar-refractivity contribution in [3.63, 3.8) is 0 Å². The fourth-order valence-corrected chi connectivity index (χ4v) is 3.81. The number of hydrogen-bond donors (Lipinski definition) is 1. The Morgan fingerprint density at radius 2 is 2.00 bits per heavy atom. The van der Waals surface area contributed by atoms with Gasteiger partial charge >= 0.3 is 5.97 Å². The molecular formula is C17H22F2N2O5. The lowest BCUT2D eigenvalue weighted by Gasteiger charge is -2.51. The summed E-state index contributed by atoms with van der Waals surface area (Å²) in [5.41, 5.74) is -1.13. The first kappa shape index (κ1) is 18.9. The van der Waals surface area contributed by atoms with E-state index in [1.165, 1.54) is 11.0 Å². The molecule has 1 spiro atoms. The third-order valence-electron chi connectivity index (χ3n) is 5.20. The maximum Gasteiger partial charge on any atom is 0.323 e. The molecular weight excluding hydrogens is 350 g/mol. The number of carboxylic acid groups (broad SMARTS) is 1. The van der Waals surface area contributed by atoms with Gasteiger partial charge in [0.2, 0.25) is 5.91 Å². The van der Waals surface area contributed by atoms with Crippen LogP contribution in [0.3, 0.4) is 0 Å². The fraction of sp³-hybridized carbons (Fsp3) is 0.647. The summed E-state index contributed by atoms with van der Waals surface area (Å²) in [4.78, 5) is 27.6. The van der Waals surface area contributed by atoms with Crippen LogP contribution < -0.4 is 0 Å². The highest BCUT2D eigenvalue weighted by Gasteiger charge is 2.53. The van der Waals surface area contributed by atoms with Gasteiger partial charge in [-0.25, -0.2) is 8.78 Å². The summed E-state index contributed by atoms with van der Waals surface area (Å²) in [6.07, 6.45) is 1.98. The van der Waals surface area contributed by atoms with Crippen LogP contribution >= 0.6 is 0 Å². The van der Waals surface area contributed by atoms with Crippen molar-refractivity contribution >= 4 is 11.9 Å². The molecule has 0 aromatic carbocycles. The van der Waals surface area contributed by atoms with Crippen LogP contribution in [0.25, 0.3) is 0 Å². The number of ether oxygens (including phenoxy) is 2. The summed E-state index contributed by atoms with van der Waals surface area (Å²) in [5, 5.41) is 9.27. The summed E-state index contributed by atoms with van der Waals surface area (Å²) in [7, 11) is 1.72. The molecule has 2 aliphatic heterocycles. The van der Waals surface area contributed by atoms with Crippen molar-refractivity contribution in [3.05, 3.63) is 23.8 Å². The topological polar surface area (TPSA) is 79.3 Å². The molecule has 1 aliphatic carbocycles. The zero-order valence-electron chi connectivity index (χ0n) is 14.5. The van der Waals surface area contributed by atoms with Crippen molar-refractivity contribution in [2.75, 3.05) is 46.6 Å². The van der Waals surface area contributed by atoms with Gasteiger partial charge in [-0.05, 0) is 13.1 Å². The number of aliphatic carboxylic acids is 1. The zero-order valence-corrected chi connectivity index (χ0v) is 14.5. The molecule has 0 aromatic heterocycles. The number of carboxylic acids is 1. The molecule has 144 valence electrons. The molecule has 1 unspecified atom stereocenters. The minimum absolute atomic E-state index is 0.0741. The SMILES string of the molecule is CN1C[C@@H](C2C=C(F)C=C(F)C2)N(CC(=O)O)C(=O)C12COCCOC2. The molecule has 2 heterocycles. The van der Waals surface area contributed by atoms with E-state index in [2.05, 4.69) is 0 Å². The monoisotopic (exact) mass is 372 g/mol. The van der Waals surface area contributed by atoms with Gasteiger partial charge in [0, 0.05) is 25.0 Å². The number of amides is 1. The van der Waals surface area contributed by atoms with Gasteiger partial charge in [-0.15, -0.1) is 0 Å². The maximum atomic E-state index is 13.7. The number of halogens is 2. The molecule has 0 bridgehead atoms. The van der Waals surface area contributed by atoms with Crippen LogP contribution in [-0.2, 0) is 19.1 Å². The van der Waals surface area contributed by atoms with Gasteiger partial charge in [0.1, 0.15) is 23.7 Å². The Bertz CT molecular complexity index is 643. The number of likely N-dealkylation sites (N-methyl/N-ethyl adjacent to an activating group) is 1. The van der Waals surface area contributed by atoms with Gasteiger partial charge < -0.3 is 19.5 Å². The van der Waals surface area contributed by atoms with Crippen LogP contribution in [0.1, 0.15) is 6.42 Å². The first-order valence-corrected chi connectivity index (χ1v) is 8.46. The normalized spacial score (nSPS) is 30.0. The minimum Gasteiger partial charge on any atom is -0.480 e.